The zero-order chi connectivity index (χ0) is 18.4. The van der Waals surface area contributed by atoms with Gasteiger partial charge >= 0.3 is 0 Å². The van der Waals surface area contributed by atoms with Crippen molar-refractivity contribution in [2.75, 3.05) is 11.1 Å². The molecule has 0 spiro atoms. The zero-order valence-electron chi connectivity index (χ0n) is 14.5. The number of amides is 1. The summed E-state index contributed by atoms with van der Waals surface area (Å²) in [5.74, 6) is 0.841. The van der Waals surface area contributed by atoms with Gasteiger partial charge in [-0.2, -0.15) is 0 Å². The van der Waals surface area contributed by atoms with E-state index in [4.69, 9.17) is 0 Å². The standard InChI is InChI=1S/C16H19N7OS2/c1-3-6-13-19-21-15(26-13)18-12(24)10-25-16-22-20-14(23(16)4-2)11-7-5-8-17-9-11/h5,7-9H,3-4,6,10H2,1-2H3,(H,18,21,24). The predicted octanol–water partition coefficient (Wildman–Crippen LogP) is 2.89. The Hall–Kier alpha value is -2.33. The van der Waals surface area contributed by atoms with Gasteiger partial charge in [-0.3, -0.25) is 15.1 Å². The molecule has 10 heteroatoms. The summed E-state index contributed by atoms with van der Waals surface area (Å²) in [5, 5.41) is 21.5. The van der Waals surface area contributed by atoms with E-state index in [2.05, 4.69) is 37.6 Å². The van der Waals surface area contributed by atoms with Crippen molar-refractivity contribution in [3.8, 4) is 11.4 Å². The summed E-state index contributed by atoms with van der Waals surface area (Å²) in [6.45, 7) is 4.81. The minimum absolute atomic E-state index is 0.136. The molecule has 0 saturated carbocycles. The second-order valence-corrected chi connectivity index (χ2v) is 7.38. The highest BCUT2D eigenvalue weighted by atomic mass is 32.2. The minimum Gasteiger partial charge on any atom is -0.302 e. The lowest BCUT2D eigenvalue weighted by atomic mass is 10.3. The number of hydrogen-bond acceptors (Lipinski definition) is 8. The maximum atomic E-state index is 12.2. The Morgan fingerprint density at radius 3 is 2.88 bits per heavy atom. The van der Waals surface area contributed by atoms with E-state index in [1.54, 1.807) is 12.4 Å². The average molecular weight is 390 g/mol. The number of carbonyl (C=O) groups is 1. The van der Waals surface area contributed by atoms with E-state index < -0.39 is 0 Å². The number of aryl methyl sites for hydroxylation is 1. The summed E-state index contributed by atoms with van der Waals surface area (Å²) < 4.78 is 1.97. The fraction of sp³-hybridized carbons (Fsp3) is 0.375. The van der Waals surface area contributed by atoms with E-state index in [1.165, 1.54) is 23.1 Å². The lowest BCUT2D eigenvalue weighted by Gasteiger charge is -2.06. The van der Waals surface area contributed by atoms with E-state index in [0.29, 0.717) is 16.8 Å². The van der Waals surface area contributed by atoms with Gasteiger partial charge < -0.3 is 4.57 Å². The Balaban J connectivity index is 1.62. The highest BCUT2D eigenvalue weighted by Gasteiger charge is 2.15. The zero-order valence-corrected chi connectivity index (χ0v) is 16.2. The maximum absolute atomic E-state index is 12.2. The molecule has 0 bridgehead atoms. The van der Waals surface area contributed by atoms with Crippen LogP contribution in [0.15, 0.2) is 29.7 Å². The largest absolute Gasteiger partial charge is 0.302 e. The van der Waals surface area contributed by atoms with Gasteiger partial charge in [-0.05, 0) is 25.5 Å². The van der Waals surface area contributed by atoms with Gasteiger partial charge in [-0.25, -0.2) is 0 Å². The third-order valence-corrected chi connectivity index (χ3v) is 5.33. The molecule has 0 radical (unpaired) electrons. The normalized spacial score (nSPS) is 10.8. The summed E-state index contributed by atoms with van der Waals surface area (Å²) in [5.41, 5.74) is 0.899. The van der Waals surface area contributed by atoms with Crippen molar-refractivity contribution in [3.05, 3.63) is 29.5 Å². The number of aromatic nitrogens is 6. The molecule has 3 aromatic rings. The van der Waals surface area contributed by atoms with E-state index >= 15 is 0 Å². The van der Waals surface area contributed by atoms with Crippen LogP contribution in [0.5, 0.6) is 0 Å². The molecule has 1 amide bonds. The summed E-state index contributed by atoms with van der Waals surface area (Å²) in [4.78, 5) is 16.3. The van der Waals surface area contributed by atoms with Crippen molar-refractivity contribution in [2.24, 2.45) is 0 Å². The molecule has 0 fully saturated rings. The van der Waals surface area contributed by atoms with Crippen LogP contribution in [-0.4, -0.2) is 41.6 Å². The van der Waals surface area contributed by atoms with Gasteiger partial charge in [0.2, 0.25) is 11.0 Å². The number of carbonyl (C=O) groups excluding carboxylic acids is 1. The van der Waals surface area contributed by atoms with Crippen molar-refractivity contribution in [1.82, 2.24) is 29.9 Å². The number of pyridine rings is 1. The van der Waals surface area contributed by atoms with Crippen molar-refractivity contribution in [3.63, 3.8) is 0 Å². The van der Waals surface area contributed by atoms with E-state index in [1.807, 2.05) is 23.6 Å². The lowest BCUT2D eigenvalue weighted by Crippen LogP contribution is -2.14. The molecule has 3 heterocycles. The molecule has 0 saturated heterocycles. The van der Waals surface area contributed by atoms with Gasteiger partial charge in [0.1, 0.15) is 5.01 Å². The number of anilines is 1. The number of hydrogen-bond donors (Lipinski definition) is 1. The maximum Gasteiger partial charge on any atom is 0.236 e. The summed E-state index contributed by atoms with van der Waals surface area (Å²) in [6, 6.07) is 3.80. The highest BCUT2D eigenvalue weighted by Crippen LogP contribution is 2.24. The Kier molecular flexibility index (Phi) is 6.29. The molecule has 1 N–H and O–H groups in total. The Morgan fingerprint density at radius 2 is 2.15 bits per heavy atom. The van der Waals surface area contributed by atoms with E-state index in [-0.39, 0.29) is 11.7 Å². The van der Waals surface area contributed by atoms with Crippen molar-refractivity contribution in [1.29, 1.82) is 0 Å². The van der Waals surface area contributed by atoms with E-state index in [0.717, 1.165) is 29.2 Å². The lowest BCUT2D eigenvalue weighted by molar-refractivity contribution is -0.113. The first kappa shape index (κ1) is 18.5. The van der Waals surface area contributed by atoms with Crippen LogP contribution in [0.2, 0.25) is 0 Å². The molecule has 3 aromatic heterocycles. The predicted molar refractivity (Wildman–Crippen MR) is 102 cm³/mol. The average Bonchev–Trinajstić information content (AvgIpc) is 3.27. The second-order valence-electron chi connectivity index (χ2n) is 5.38. The van der Waals surface area contributed by atoms with Crippen LogP contribution in [-0.2, 0) is 17.8 Å². The molecule has 0 aliphatic carbocycles. The first-order valence-electron chi connectivity index (χ1n) is 8.29. The fourth-order valence-corrected chi connectivity index (χ4v) is 3.95. The van der Waals surface area contributed by atoms with Crippen LogP contribution >= 0.6 is 23.1 Å². The second kappa shape index (κ2) is 8.86. The van der Waals surface area contributed by atoms with Crippen molar-refractivity contribution >= 4 is 34.1 Å². The third kappa shape index (κ3) is 4.44. The SMILES string of the molecule is CCCc1nnc(NC(=O)CSc2nnc(-c3cccnc3)n2CC)s1. The van der Waals surface area contributed by atoms with Crippen molar-refractivity contribution < 1.29 is 4.79 Å². The molecular weight excluding hydrogens is 370 g/mol. The number of nitrogens with zero attached hydrogens (tertiary/aromatic N) is 6. The van der Waals surface area contributed by atoms with Crippen LogP contribution in [0.1, 0.15) is 25.3 Å². The van der Waals surface area contributed by atoms with Gasteiger partial charge in [0.05, 0.1) is 5.75 Å². The molecule has 0 atom stereocenters. The molecule has 136 valence electrons. The number of thioether (sulfide) groups is 1. The van der Waals surface area contributed by atoms with Crippen LogP contribution in [0.4, 0.5) is 5.13 Å². The van der Waals surface area contributed by atoms with Gasteiger partial charge in [0.15, 0.2) is 11.0 Å². The Bertz CT molecular complexity index is 863. The molecular formula is C16H19N7OS2. The van der Waals surface area contributed by atoms with Gasteiger partial charge in [-0.1, -0.05) is 30.0 Å². The molecule has 0 aliphatic heterocycles. The van der Waals surface area contributed by atoms with Crippen LogP contribution in [0.25, 0.3) is 11.4 Å². The highest BCUT2D eigenvalue weighted by molar-refractivity contribution is 7.99. The fourth-order valence-electron chi connectivity index (χ4n) is 2.29. The Morgan fingerprint density at radius 1 is 1.27 bits per heavy atom. The molecule has 8 nitrogen and oxygen atoms in total. The Labute approximate surface area is 159 Å². The molecule has 3 rings (SSSR count). The summed E-state index contributed by atoms with van der Waals surface area (Å²) >= 11 is 2.76. The summed E-state index contributed by atoms with van der Waals surface area (Å²) in [7, 11) is 0. The first-order valence-corrected chi connectivity index (χ1v) is 10.1. The minimum atomic E-state index is -0.136. The molecule has 0 aromatic carbocycles. The number of nitrogens with one attached hydrogen (secondary N) is 1. The molecule has 26 heavy (non-hydrogen) atoms. The quantitative estimate of drug-likeness (QED) is 0.591. The monoisotopic (exact) mass is 389 g/mol. The first-order chi connectivity index (χ1) is 12.7. The smallest absolute Gasteiger partial charge is 0.236 e. The summed E-state index contributed by atoms with van der Waals surface area (Å²) in [6.07, 6.45) is 5.35. The van der Waals surface area contributed by atoms with Crippen molar-refractivity contribution in [2.45, 2.75) is 38.4 Å². The van der Waals surface area contributed by atoms with Gasteiger partial charge in [0.25, 0.3) is 0 Å². The molecule has 0 aliphatic rings. The van der Waals surface area contributed by atoms with E-state index in [9.17, 15) is 4.79 Å². The van der Waals surface area contributed by atoms with Gasteiger partial charge in [-0.15, -0.1) is 20.4 Å². The van der Waals surface area contributed by atoms with Crippen LogP contribution in [0, 0.1) is 0 Å². The topological polar surface area (TPSA) is 98.5 Å². The van der Waals surface area contributed by atoms with Gasteiger partial charge in [0, 0.05) is 30.9 Å². The molecule has 0 unspecified atom stereocenters. The third-order valence-electron chi connectivity index (χ3n) is 3.46. The van der Waals surface area contributed by atoms with Crippen LogP contribution < -0.4 is 5.32 Å². The van der Waals surface area contributed by atoms with Crippen LogP contribution in [0.3, 0.4) is 0 Å². The number of rotatable bonds is 8.